The van der Waals surface area contributed by atoms with Gasteiger partial charge in [-0.15, -0.1) is 0 Å². The molecule has 0 radical (unpaired) electrons. The number of alkyl halides is 3. The maximum absolute atomic E-state index is 13.7. The van der Waals surface area contributed by atoms with E-state index in [1.807, 2.05) is 0 Å². The van der Waals surface area contributed by atoms with Crippen LogP contribution in [0.5, 0.6) is 0 Å². The van der Waals surface area contributed by atoms with Crippen LogP contribution in [0.4, 0.5) is 18.0 Å². The number of ether oxygens (including phenoxy) is 3. The van der Waals surface area contributed by atoms with Crippen LogP contribution in [0.1, 0.15) is 37.8 Å². The lowest BCUT2D eigenvalue weighted by Crippen LogP contribution is -2.32. The normalized spacial score (nSPS) is 21.9. The van der Waals surface area contributed by atoms with E-state index in [9.17, 15) is 22.8 Å². The Kier molecular flexibility index (Phi) is 5.34. The molecule has 0 bridgehead atoms. The Morgan fingerprint density at radius 3 is 2.55 bits per heavy atom. The predicted octanol–water partition coefficient (Wildman–Crippen LogP) is 4.34. The first-order valence-corrected chi connectivity index (χ1v) is 8.98. The molecule has 1 aromatic carbocycles. The number of benzene rings is 1. The van der Waals surface area contributed by atoms with Crippen LogP contribution in [-0.2, 0) is 25.2 Å². The zero-order valence-corrected chi connectivity index (χ0v) is 16.3. The first-order chi connectivity index (χ1) is 13.6. The van der Waals surface area contributed by atoms with Gasteiger partial charge in [-0.2, -0.15) is 13.2 Å². The molecule has 0 aromatic heterocycles. The fourth-order valence-electron chi connectivity index (χ4n) is 3.68. The Morgan fingerprint density at radius 1 is 1.28 bits per heavy atom. The van der Waals surface area contributed by atoms with Gasteiger partial charge in [0.15, 0.2) is 0 Å². The molecule has 2 aliphatic heterocycles. The molecule has 0 fully saturated rings. The number of cyclic esters (lactones) is 1. The Hall–Kier alpha value is -2.97. The lowest BCUT2D eigenvalue weighted by Gasteiger charge is -2.34. The molecule has 6 nitrogen and oxygen atoms in total. The Labute approximate surface area is 165 Å². The van der Waals surface area contributed by atoms with Gasteiger partial charge in [0.1, 0.15) is 11.9 Å². The smallest absolute Gasteiger partial charge is 0.453 e. The molecule has 0 saturated heterocycles. The lowest BCUT2D eigenvalue weighted by atomic mass is 9.82. The fraction of sp³-hybridized carbons (Fsp3) is 0.400. The van der Waals surface area contributed by atoms with Gasteiger partial charge in [-0.1, -0.05) is 18.2 Å². The monoisotopic (exact) mass is 411 g/mol. The van der Waals surface area contributed by atoms with Crippen LogP contribution < -0.4 is 0 Å². The molecule has 2 atom stereocenters. The summed E-state index contributed by atoms with van der Waals surface area (Å²) in [5, 5.41) is 0. The standard InChI is InChI=1S/C20H20F3NO5/c1-5-27-19(26)29-17-10(2)24(4)16-11(3)28-18(25)15(16)14(17)12-8-6-7-9-13(12)20(21,22)23/h6-9,11,14H,5H2,1-4H3. The Morgan fingerprint density at radius 2 is 1.93 bits per heavy atom. The van der Waals surface area contributed by atoms with Gasteiger partial charge in [0.2, 0.25) is 0 Å². The Bertz CT molecular complexity index is 919. The van der Waals surface area contributed by atoms with Crippen LogP contribution in [0.15, 0.2) is 47.0 Å². The number of likely N-dealkylation sites (N-methyl/N-ethyl adjacent to an activating group) is 1. The van der Waals surface area contributed by atoms with Gasteiger partial charge in [-0.3, -0.25) is 0 Å². The number of hydrogen-bond donors (Lipinski definition) is 0. The minimum Gasteiger partial charge on any atom is -0.453 e. The third kappa shape index (κ3) is 3.56. The van der Waals surface area contributed by atoms with Crippen LogP contribution in [0, 0.1) is 0 Å². The average molecular weight is 411 g/mol. The van der Waals surface area contributed by atoms with Gasteiger partial charge in [0.05, 0.1) is 35.1 Å². The molecule has 1 aromatic rings. The summed E-state index contributed by atoms with van der Waals surface area (Å²) < 4.78 is 56.5. The predicted molar refractivity (Wildman–Crippen MR) is 95.3 cm³/mol. The van der Waals surface area contributed by atoms with E-state index in [0.717, 1.165) is 6.07 Å². The van der Waals surface area contributed by atoms with Crippen LogP contribution in [0.25, 0.3) is 0 Å². The first kappa shape index (κ1) is 20.8. The third-order valence-electron chi connectivity index (χ3n) is 4.97. The molecule has 2 heterocycles. The molecule has 0 aliphatic carbocycles. The maximum atomic E-state index is 13.7. The van der Waals surface area contributed by atoms with Crippen molar-refractivity contribution in [2.75, 3.05) is 13.7 Å². The zero-order chi connectivity index (χ0) is 21.5. The Balaban J connectivity index is 2.25. The SMILES string of the molecule is CCOC(=O)OC1=C(C)N(C)C2=C(C(=O)OC2C)C1c1ccccc1C(F)(F)F. The van der Waals surface area contributed by atoms with Gasteiger partial charge in [0.25, 0.3) is 0 Å². The molecule has 0 N–H and O–H groups in total. The number of carbonyl (C=O) groups excluding carboxylic acids is 2. The third-order valence-corrected chi connectivity index (χ3v) is 4.97. The van der Waals surface area contributed by atoms with E-state index in [0.29, 0.717) is 11.4 Å². The number of hydrogen-bond acceptors (Lipinski definition) is 6. The van der Waals surface area contributed by atoms with E-state index >= 15 is 0 Å². The van der Waals surface area contributed by atoms with Crippen LogP contribution in [-0.4, -0.2) is 36.8 Å². The number of carbonyl (C=O) groups is 2. The van der Waals surface area contributed by atoms with E-state index < -0.39 is 35.9 Å². The largest absolute Gasteiger partial charge is 0.513 e. The highest BCUT2D eigenvalue weighted by atomic mass is 19.4. The zero-order valence-electron chi connectivity index (χ0n) is 16.3. The summed E-state index contributed by atoms with van der Waals surface area (Å²) in [7, 11) is 1.63. The maximum Gasteiger partial charge on any atom is 0.513 e. The van der Waals surface area contributed by atoms with Crippen molar-refractivity contribution in [1.82, 2.24) is 4.90 Å². The van der Waals surface area contributed by atoms with E-state index in [1.165, 1.54) is 18.2 Å². The number of halogens is 3. The van der Waals surface area contributed by atoms with Crippen molar-refractivity contribution >= 4 is 12.1 Å². The van der Waals surface area contributed by atoms with Crippen LogP contribution in [0.3, 0.4) is 0 Å². The van der Waals surface area contributed by atoms with Crippen molar-refractivity contribution in [3.05, 3.63) is 58.1 Å². The van der Waals surface area contributed by atoms with E-state index in [4.69, 9.17) is 14.2 Å². The first-order valence-electron chi connectivity index (χ1n) is 8.98. The molecule has 3 rings (SSSR count). The van der Waals surface area contributed by atoms with E-state index in [2.05, 4.69) is 0 Å². The number of nitrogens with zero attached hydrogens (tertiary/aromatic N) is 1. The van der Waals surface area contributed by atoms with E-state index in [1.54, 1.807) is 32.7 Å². The summed E-state index contributed by atoms with van der Waals surface area (Å²) >= 11 is 0. The lowest BCUT2D eigenvalue weighted by molar-refractivity contribution is -0.141. The van der Waals surface area contributed by atoms with Crippen molar-refractivity contribution < 1.29 is 37.0 Å². The fourth-order valence-corrected chi connectivity index (χ4v) is 3.68. The highest BCUT2D eigenvalue weighted by Crippen LogP contribution is 2.49. The minimum absolute atomic E-state index is 0.0154. The highest BCUT2D eigenvalue weighted by Gasteiger charge is 2.48. The van der Waals surface area contributed by atoms with Crippen LogP contribution in [0.2, 0.25) is 0 Å². The molecule has 29 heavy (non-hydrogen) atoms. The van der Waals surface area contributed by atoms with Crippen LogP contribution >= 0.6 is 0 Å². The summed E-state index contributed by atoms with van der Waals surface area (Å²) in [5.74, 6) is -2.12. The quantitative estimate of drug-likeness (QED) is 0.690. The summed E-state index contributed by atoms with van der Waals surface area (Å²) in [6.45, 7) is 4.82. The molecule has 0 spiro atoms. The molecular weight excluding hydrogens is 391 g/mol. The number of esters is 1. The highest BCUT2D eigenvalue weighted by molar-refractivity contribution is 5.95. The van der Waals surface area contributed by atoms with Gasteiger partial charge >= 0.3 is 18.3 Å². The van der Waals surface area contributed by atoms with Gasteiger partial charge < -0.3 is 19.1 Å². The van der Waals surface area contributed by atoms with Crippen molar-refractivity contribution in [3.8, 4) is 0 Å². The number of rotatable bonds is 3. The molecule has 9 heteroatoms. The van der Waals surface area contributed by atoms with Gasteiger partial charge in [0, 0.05) is 7.05 Å². The van der Waals surface area contributed by atoms with Gasteiger partial charge in [-0.05, 0) is 32.4 Å². The summed E-state index contributed by atoms with van der Waals surface area (Å²) in [6, 6.07) is 4.88. The molecule has 0 saturated carbocycles. The number of allylic oxidation sites excluding steroid dienone is 2. The second-order valence-electron chi connectivity index (χ2n) is 6.66. The van der Waals surface area contributed by atoms with E-state index in [-0.39, 0.29) is 23.5 Å². The van der Waals surface area contributed by atoms with Crippen molar-refractivity contribution in [2.24, 2.45) is 0 Å². The van der Waals surface area contributed by atoms with Crippen molar-refractivity contribution in [1.29, 1.82) is 0 Å². The molecular formula is C20H20F3NO5. The molecule has 0 amide bonds. The van der Waals surface area contributed by atoms with Crippen molar-refractivity contribution in [2.45, 2.75) is 39.0 Å². The van der Waals surface area contributed by atoms with Gasteiger partial charge in [-0.25, -0.2) is 9.59 Å². The molecule has 2 aliphatic rings. The summed E-state index contributed by atoms with van der Waals surface area (Å²) in [5.41, 5.74) is -0.298. The summed E-state index contributed by atoms with van der Waals surface area (Å²) in [4.78, 5) is 26.2. The topological polar surface area (TPSA) is 65.1 Å². The molecule has 2 unspecified atom stereocenters. The van der Waals surface area contributed by atoms with Crippen molar-refractivity contribution in [3.63, 3.8) is 0 Å². The second kappa shape index (κ2) is 7.46. The second-order valence-corrected chi connectivity index (χ2v) is 6.66. The average Bonchev–Trinajstić information content (AvgIpc) is 2.93. The molecule has 156 valence electrons. The summed E-state index contributed by atoms with van der Waals surface area (Å²) in [6.07, 6.45) is -6.38. The minimum atomic E-state index is -4.67.